The maximum absolute atomic E-state index is 12.8. The molecule has 4 nitrogen and oxygen atoms in total. The molecular weight excluding hydrogens is 320 g/mol. The third kappa shape index (κ3) is 3.36. The molecule has 0 unspecified atom stereocenters. The predicted octanol–water partition coefficient (Wildman–Crippen LogP) is 3.79. The fourth-order valence-electron chi connectivity index (χ4n) is 2.46. The zero-order valence-corrected chi connectivity index (χ0v) is 14.2. The highest BCUT2D eigenvalue weighted by molar-refractivity contribution is 7.98. The Labute approximate surface area is 144 Å². The molecule has 1 aromatic heterocycles. The number of aromatic nitrogens is 2. The second kappa shape index (κ2) is 7.36. The molecule has 1 heterocycles. The molecule has 2 aromatic carbocycles. The first-order valence-corrected chi connectivity index (χ1v) is 8.76. The van der Waals surface area contributed by atoms with E-state index in [0.29, 0.717) is 22.9 Å². The van der Waals surface area contributed by atoms with Gasteiger partial charge in [-0.25, -0.2) is 0 Å². The van der Waals surface area contributed by atoms with Gasteiger partial charge in [-0.1, -0.05) is 67.2 Å². The van der Waals surface area contributed by atoms with E-state index in [2.05, 4.69) is 4.98 Å². The van der Waals surface area contributed by atoms with Crippen molar-refractivity contribution in [1.82, 2.24) is 9.55 Å². The molecular formula is C19H18N2O2S. The van der Waals surface area contributed by atoms with E-state index >= 15 is 0 Å². The second-order valence-corrected chi connectivity index (χ2v) is 6.24. The minimum Gasteiger partial charge on any atom is -0.493 e. The minimum atomic E-state index is -0.216. The predicted molar refractivity (Wildman–Crippen MR) is 96.9 cm³/mol. The lowest BCUT2D eigenvalue weighted by Crippen LogP contribution is -2.25. The van der Waals surface area contributed by atoms with Crippen molar-refractivity contribution in [2.24, 2.45) is 0 Å². The smallest absolute Gasteiger partial charge is 0.265 e. The first-order chi connectivity index (χ1) is 11.7. The summed E-state index contributed by atoms with van der Waals surface area (Å²) in [6, 6.07) is 19.4. The Hall–Kier alpha value is -2.53. The molecule has 5 heteroatoms. The van der Waals surface area contributed by atoms with E-state index in [1.165, 1.54) is 11.8 Å². The molecule has 3 rings (SSSR count). The topological polar surface area (TPSA) is 55.1 Å². The van der Waals surface area contributed by atoms with Crippen LogP contribution in [-0.4, -0.2) is 14.7 Å². The first-order valence-electron chi connectivity index (χ1n) is 7.77. The Morgan fingerprint density at radius 1 is 1.04 bits per heavy atom. The van der Waals surface area contributed by atoms with E-state index in [4.69, 9.17) is 0 Å². The van der Waals surface area contributed by atoms with E-state index in [-0.39, 0.29) is 11.4 Å². The van der Waals surface area contributed by atoms with Gasteiger partial charge in [-0.2, -0.15) is 4.98 Å². The Morgan fingerprint density at radius 3 is 2.29 bits per heavy atom. The number of para-hydroxylation sites is 1. The number of benzene rings is 2. The van der Waals surface area contributed by atoms with Crippen LogP contribution in [0, 0.1) is 0 Å². The average molecular weight is 338 g/mol. The summed E-state index contributed by atoms with van der Waals surface area (Å²) in [7, 11) is 0. The quantitative estimate of drug-likeness (QED) is 0.568. The summed E-state index contributed by atoms with van der Waals surface area (Å²) >= 11 is 1.43. The van der Waals surface area contributed by atoms with Gasteiger partial charge < -0.3 is 5.11 Å². The molecule has 0 amide bonds. The van der Waals surface area contributed by atoms with Crippen LogP contribution >= 0.6 is 11.8 Å². The van der Waals surface area contributed by atoms with Crippen molar-refractivity contribution in [2.45, 2.75) is 24.3 Å². The molecule has 122 valence electrons. The van der Waals surface area contributed by atoms with Gasteiger partial charge in [-0.15, -0.1) is 0 Å². The monoisotopic (exact) mass is 338 g/mol. The molecule has 0 atom stereocenters. The zero-order valence-electron chi connectivity index (χ0n) is 13.3. The molecule has 0 saturated carbocycles. The van der Waals surface area contributed by atoms with Crippen LogP contribution < -0.4 is 5.56 Å². The van der Waals surface area contributed by atoms with E-state index in [1.54, 1.807) is 4.57 Å². The Morgan fingerprint density at radius 2 is 1.67 bits per heavy atom. The van der Waals surface area contributed by atoms with Crippen LogP contribution in [0.2, 0.25) is 0 Å². The Balaban J connectivity index is 2.06. The SMILES string of the molecule is CCc1c(O)nc(SCc2ccccc2)n(-c2ccccc2)c1=O. The van der Waals surface area contributed by atoms with Gasteiger partial charge in [-0.05, 0) is 24.1 Å². The molecule has 0 bridgehead atoms. The van der Waals surface area contributed by atoms with E-state index in [9.17, 15) is 9.90 Å². The summed E-state index contributed by atoms with van der Waals surface area (Å²) in [6.45, 7) is 1.84. The number of nitrogens with zero attached hydrogens (tertiary/aromatic N) is 2. The lowest BCUT2D eigenvalue weighted by Gasteiger charge is -2.14. The molecule has 0 saturated heterocycles. The number of hydrogen-bond donors (Lipinski definition) is 1. The molecule has 24 heavy (non-hydrogen) atoms. The largest absolute Gasteiger partial charge is 0.493 e. The fraction of sp³-hybridized carbons (Fsp3) is 0.158. The summed E-state index contributed by atoms with van der Waals surface area (Å²) in [5.41, 5.74) is 2.00. The number of aromatic hydroxyl groups is 1. The molecule has 0 fully saturated rings. The lowest BCUT2D eigenvalue weighted by molar-refractivity contribution is 0.432. The number of thioether (sulfide) groups is 1. The van der Waals surface area contributed by atoms with Crippen molar-refractivity contribution in [3.63, 3.8) is 0 Å². The molecule has 0 aliphatic carbocycles. The summed E-state index contributed by atoms with van der Waals surface area (Å²) < 4.78 is 1.58. The highest BCUT2D eigenvalue weighted by Crippen LogP contribution is 2.25. The Bertz CT molecular complexity index is 877. The van der Waals surface area contributed by atoms with Crippen LogP contribution in [0.4, 0.5) is 0 Å². The van der Waals surface area contributed by atoms with Gasteiger partial charge in [0.1, 0.15) is 0 Å². The molecule has 0 aliphatic rings. The van der Waals surface area contributed by atoms with Crippen molar-refractivity contribution in [3.05, 3.63) is 82.1 Å². The number of hydrogen-bond acceptors (Lipinski definition) is 4. The van der Waals surface area contributed by atoms with Crippen molar-refractivity contribution in [3.8, 4) is 11.6 Å². The maximum atomic E-state index is 12.8. The van der Waals surface area contributed by atoms with Crippen LogP contribution in [-0.2, 0) is 12.2 Å². The van der Waals surface area contributed by atoms with Crippen molar-refractivity contribution in [2.75, 3.05) is 0 Å². The van der Waals surface area contributed by atoms with Gasteiger partial charge in [0, 0.05) is 5.75 Å². The normalized spacial score (nSPS) is 10.7. The fourth-order valence-corrected chi connectivity index (χ4v) is 3.42. The Kier molecular flexibility index (Phi) is 5.01. The van der Waals surface area contributed by atoms with Crippen molar-refractivity contribution >= 4 is 11.8 Å². The summed E-state index contributed by atoms with van der Waals surface area (Å²) in [6.07, 6.45) is 0.439. The molecule has 0 radical (unpaired) electrons. The zero-order chi connectivity index (χ0) is 16.9. The van der Waals surface area contributed by atoms with Gasteiger partial charge >= 0.3 is 0 Å². The standard InChI is InChI=1S/C19H18N2O2S/c1-2-16-17(22)20-19(24-13-14-9-5-3-6-10-14)21(18(16)23)15-11-7-4-8-12-15/h3-12,22H,2,13H2,1H3. The summed E-state index contributed by atoms with van der Waals surface area (Å²) in [5, 5.41) is 10.6. The van der Waals surface area contributed by atoms with Crippen LogP contribution in [0.15, 0.2) is 70.6 Å². The van der Waals surface area contributed by atoms with Gasteiger partial charge in [0.25, 0.3) is 5.56 Å². The third-order valence-electron chi connectivity index (χ3n) is 3.70. The number of rotatable bonds is 5. The second-order valence-electron chi connectivity index (χ2n) is 5.30. The van der Waals surface area contributed by atoms with E-state index < -0.39 is 0 Å². The maximum Gasteiger partial charge on any atom is 0.265 e. The van der Waals surface area contributed by atoms with Crippen LogP contribution in [0.25, 0.3) is 5.69 Å². The van der Waals surface area contributed by atoms with E-state index in [0.717, 1.165) is 11.3 Å². The lowest BCUT2D eigenvalue weighted by atomic mass is 10.2. The molecule has 0 spiro atoms. The first kappa shape index (κ1) is 16.3. The minimum absolute atomic E-state index is 0.176. The summed E-state index contributed by atoms with van der Waals surface area (Å²) in [5.74, 6) is 0.496. The summed E-state index contributed by atoms with van der Waals surface area (Å²) in [4.78, 5) is 17.1. The highest BCUT2D eigenvalue weighted by atomic mass is 32.2. The molecule has 3 aromatic rings. The molecule has 1 N–H and O–H groups in total. The van der Waals surface area contributed by atoms with Crippen molar-refractivity contribution in [1.29, 1.82) is 0 Å². The van der Waals surface area contributed by atoms with Gasteiger partial charge in [0.2, 0.25) is 5.88 Å². The highest BCUT2D eigenvalue weighted by Gasteiger charge is 2.16. The van der Waals surface area contributed by atoms with Crippen LogP contribution in [0.3, 0.4) is 0 Å². The van der Waals surface area contributed by atoms with Crippen LogP contribution in [0.5, 0.6) is 5.88 Å². The third-order valence-corrected chi connectivity index (χ3v) is 4.71. The van der Waals surface area contributed by atoms with Gasteiger partial charge in [0.05, 0.1) is 11.3 Å². The van der Waals surface area contributed by atoms with Gasteiger partial charge in [-0.3, -0.25) is 9.36 Å². The van der Waals surface area contributed by atoms with Crippen LogP contribution in [0.1, 0.15) is 18.1 Å². The van der Waals surface area contributed by atoms with E-state index in [1.807, 2.05) is 67.6 Å². The molecule has 0 aliphatic heterocycles. The van der Waals surface area contributed by atoms with Crippen molar-refractivity contribution < 1.29 is 5.11 Å². The average Bonchev–Trinajstić information content (AvgIpc) is 2.62. The van der Waals surface area contributed by atoms with Gasteiger partial charge in [0.15, 0.2) is 5.16 Å².